The van der Waals surface area contributed by atoms with E-state index in [0.717, 1.165) is 25.2 Å². The number of hydrogen-bond acceptors (Lipinski definition) is 6. The van der Waals surface area contributed by atoms with E-state index in [2.05, 4.69) is 32.1 Å². The van der Waals surface area contributed by atoms with Gasteiger partial charge in [-0.3, -0.25) is 14.7 Å². The third-order valence-corrected chi connectivity index (χ3v) is 3.90. The molecule has 0 aliphatic carbocycles. The summed E-state index contributed by atoms with van der Waals surface area (Å²) in [6.07, 6.45) is 4.90. The number of ether oxygens (including phenoxy) is 1. The maximum absolute atomic E-state index is 10.2. The van der Waals surface area contributed by atoms with E-state index in [0.29, 0.717) is 32.1 Å². The van der Waals surface area contributed by atoms with Crippen molar-refractivity contribution in [2.75, 3.05) is 26.2 Å². The molecular formula is C15H24N6O2. The maximum atomic E-state index is 10.2. The fourth-order valence-electron chi connectivity index (χ4n) is 2.81. The molecule has 1 aliphatic rings. The SMILES string of the molecule is CCCc1nc([C@H]2CN(C[C@H](O)Cn3cccn3)CCO2)n[nH]1. The summed E-state index contributed by atoms with van der Waals surface area (Å²) in [6.45, 7) is 5.32. The first-order valence-corrected chi connectivity index (χ1v) is 8.15. The van der Waals surface area contributed by atoms with E-state index in [9.17, 15) is 5.11 Å². The Kier molecular flexibility index (Phi) is 5.37. The molecule has 3 heterocycles. The zero-order valence-corrected chi connectivity index (χ0v) is 13.4. The monoisotopic (exact) mass is 320 g/mol. The summed E-state index contributed by atoms with van der Waals surface area (Å²) in [5.74, 6) is 1.61. The van der Waals surface area contributed by atoms with E-state index < -0.39 is 6.10 Å². The number of nitrogens with zero attached hydrogens (tertiary/aromatic N) is 5. The topological polar surface area (TPSA) is 92.1 Å². The highest BCUT2D eigenvalue weighted by Crippen LogP contribution is 2.19. The third kappa shape index (κ3) is 4.37. The van der Waals surface area contributed by atoms with E-state index in [-0.39, 0.29) is 6.10 Å². The maximum Gasteiger partial charge on any atom is 0.180 e. The summed E-state index contributed by atoms with van der Waals surface area (Å²) in [7, 11) is 0. The van der Waals surface area contributed by atoms with Gasteiger partial charge in [-0.1, -0.05) is 6.92 Å². The van der Waals surface area contributed by atoms with E-state index in [1.54, 1.807) is 10.9 Å². The minimum atomic E-state index is -0.462. The number of nitrogens with one attached hydrogen (secondary N) is 1. The van der Waals surface area contributed by atoms with Gasteiger partial charge in [0.25, 0.3) is 0 Å². The normalized spacial score (nSPS) is 20.7. The molecule has 0 amide bonds. The number of H-pyrrole nitrogens is 1. The lowest BCUT2D eigenvalue weighted by Crippen LogP contribution is -2.43. The van der Waals surface area contributed by atoms with Crippen LogP contribution in [-0.2, 0) is 17.7 Å². The Labute approximate surface area is 135 Å². The number of hydrogen-bond donors (Lipinski definition) is 2. The van der Waals surface area contributed by atoms with Crippen molar-refractivity contribution in [3.8, 4) is 0 Å². The fourth-order valence-corrected chi connectivity index (χ4v) is 2.81. The first kappa shape index (κ1) is 16.1. The van der Waals surface area contributed by atoms with Crippen LogP contribution in [0.3, 0.4) is 0 Å². The van der Waals surface area contributed by atoms with Gasteiger partial charge in [-0.05, 0) is 12.5 Å². The Morgan fingerprint density at radius 2 is 2.39 bits per heavy atom. The minimum Gasteiger partial charge on any atom is -0.390 e. The summed E-state index contributed by atoms with van der Waals surface area (Å²) in [5, 5.41) is 21.6. The lowest BCUT2D eigenvalue weighted by atomic mass is 10.2. The van der Waals surface area contributed by atoms with Crippen molar-refractivity contribution in [2.45, 2.75) is 38.5 Å². The summed E-state index contributed by atoms with van der Waals surface area (Å²) in [4.78, 5) is 6.70. The number of aromatic nitrogens is 5. The van der Waals surface area contributed by atoms with Crippen LogP contribution in [0.4, 0.5) is 0 Å². The quantitative estimate of drug-likeness (QED) is 0.767. The van der Waals surface area contributed by atoms with Gasteiger partial charge in [-0.2, -0.15) is 10.2 Å². The lowest BCUT2D eigenvalue weighted by molar-refractivity contribution is -0.0473. The number of aliphatic hydroxyl groups is 1. The second-order valence-corrected chi connectivity index (χ2v) is 5.89. The average Bonchev–Trinajstić information content (AvgIpc) is 3.20. The smallest absolute Gasteiger partial charge is 0.180 e. The van der Waals surface area contributed by atoms with Crippen molar-refractivity contribution < 1.29 is 9.84 Å². The molecule has 0 aromatic carbocycles. The second-order valence-electron chi connectivity index (χ2n) is 5.89. The number of aryl methyl sites for hydroxylation is 1. The molecule has 0 spiro atoms. The molecule has 2 N–H and O–H groups in total. The number of rotatable bonds is 7. The molecule has 8 nitrogen and oxygen atoms in total. The van der Waals surface area contributed by atoms with E-state index in [1.807, 2.05) is 12.3 Å². The van der Waals surface area contributed by atoms with E-state index in [1.165, 1.54) is 0 Å². The Hall–Kier alpha value is -1.77. The van der Waals surface area contributed by atoms with E-state index in [4.69, 9.17) is 4.74 Å². The molecule has 126 valence electrons. The fraction of sp³-hybridized carbons (Fsp3) is 0.667. The van der Waals surface area contributed by atoms with Crippen LogP contribution in [-0.4, -0.2) is 67.3 Å². The largest absolute Gasteiger partial charge is 0.390 e. The molecule has 1 saturated heterocycles. The van der Waals surface area contributed by atoms with Gasteiger partial charge in [-0.15, -0.1) is 0 Å². The van der Waals surface area contributed by atoms with Gasteiger partial charge in [0.1, 0.15) is 11.9 Å². The van der Waals surface area contributed by atoms with Crippen molar-refractivity contribution in [3.63, 3.8) is 0 Å². The molecule has 0 saturated carbocycles. The molecule has 23 heavy (non-hydrogen) atoms. The number of β-amino-alcohol motifs (C(OH)–C–C–N with tert-alkyl or cyclic N) is 1. The molecule has 3 rings (SSSR count). The summed E-state index contributed by atoms with van der Waals surface area (Å²) < 4.78 is 7.53. The van der Waals surface area contributed by atoms with Crippen LogP contribution in [0, 0.1) is 0 Å². The van der Waals surface area contributed by atoms with Crippen LogP contribution in [0.15, 0.2) is 18.5 Å². The predicted molar refractivity (Wildman–Crippen MR) is 83.7 cm³/mol. The Morgan fingerprint density at radius 1 is 1.48 bits per heavy atom. The zero-order chi connectivity index (χ0) is 16.1. The average molecular weight is 320 g/mol. The second kappa shape index (κ2) is 7.67. The Morgan fingerprint density at radius 3 is 3.17 bits per heavy atom. The van der Waals surface area contributed by atoms with Crippen molar-refractivity contribution in [1.82, 2.24) is 29.9 Å². The van der Waals surface area contributed by atoms with Crippen LogP contribution < -0.4 is 0 Å². The van der Waals surface area contributed by atoms with Gasteiger partial charge in [0.15, 0.2) is 5.82 Å². The summed E-state index contributed by atoms with van der Waals surface area (Å²) >= 11 is 0. The van der Waals surface area contributed by atoms with Crippen molar-refractivity contribution in [3.05, 3.63) is 30.1 Å². The van der Waals surface area contributed by atoms with Crippen molar-refractivity contribution in [2.24, 2.45) is 0 Å². The third-order valence-electron chi connectivity index (χ3n) is 3.90. The number of morpholine rings is 1. The Bertz CT molecular complexity index is 585. The lowest BCUT2D eigenvalue weighted by Gasteiger charge is -2.32. The number of aliphatic hydroxyl groups excluding tert-OH is 1. The molecule has 1 fully saturated rings. The van der Waals surface area contributed by atoms with Gasteiger partial charge in [0.05, 0.1) is 19.3 Å². The van der Waals surface area contributed by atoms with Crippen molar-refractivity contribution in [1.29, 1.82) is 0 Å². The minimum absolute atomic E-state index is 0.137. The molecular weight excluding hydrogens is 296 g/mol. The standard InChI is InChI=1S/C15H24N6O2/c1-2-4-14-17-15(19-18-14)13-11-20(7-8-23-13)9-12(22)10-21-6-3-5-16-21/h3,5-6,12-13,22H,2,4,7-11H2,1H3,(H,17,18,19)/t12-,13+/m0/s1. The van der Waals surface area contributed by atoms with Gasteiger partial charge < -0.3 is 9.84 Å². The number of aromatic amines is 1. The molecule has 2 atom stereocenters. The summed E-state index contributed by atoms with van der Waals surface area (Å²) in [5.41, 5.74) is 0. The van der Waals surface area contributed by atoms with Gasteiger partial charge in [-0.25, -0.2) is 4.98 Å². The van der Waals surface area contributed by atoms with Gasteiger partial charge >= 0.3 is 0 Å². The van der Waals surface area contributed by atoms with Crippen molar-refractivity contribution >= 4 is 0 Å². The van der Waals surface area contributed by atoms with Gasteiger partial charge in [0, 0.05) is 38.4 Å². The molecule has 8 heteroatoms. The van der Waals surface area contributed by atoms with E-state index >= 15 is 0 Å². The van der Waals surface area contributed by atoms with Crippen LogP contribution in [0.1, 0.15) is 31.1 Å². The molecule has 1 aliphatic heterocycles. The molecule has 0 unspecified atom stereocenters. The molecule has 2 aromatic rings. The first-order valence-electron chi connectivity index (χ1n) is 8.15. The highest BCUT2D eigenvalue weighted by molar-refractivity contribution is 4.97. The molecule has 2 aromatic heterocycles. The first-order chi connectivity index (χ1) is 11.2. The predicted octanol–water partition coefficient (Wildman–Crippen LogP) is 0.388. The highest BCUT2D eigenvalue weighted by Gasteiger charge is 2.26. The molecule has 0 radical (unpaired) electrons. The van der Waals surface area contributed by atoms with Gasteiger partial charge in [0.2, 0.25) is 0 Å². The van der Waals surface area contributed by atoms with Crippen LogP contribution in [0.5, 0.6) is 0 Å². The Balaban J connectivity index is 1.52. The van der Waals surface area contributed by atoms with Crippen LogP contribution >= 0.6 is 0 Å². The van der Waals surface area contributed by atoms with Crippen LogP contribution in [0.2, 0.25) is 0 Å². The summed E-state index contributed by atoms with van der Waals surface area (Å²) in [6, 6.07) is 1.86. The van der Waals surface area contributed by atoms with Crippen LogP contribution in [0.25, 0.3) is 0 Å². The molecule has 0 bridgehead atoms. The highest BCUT2D eigenvalue weighted by atomic mass is 16.5. The zero-order valence-electron chi connectivity index (χ0n) is 13.4.